The minimum absolute atomic E-state index is 0.233. The zero-order chi connectivity index (χ0) is 14.4. The fourth-order valence-corrected chi connectivity index (χ4v) is 2.64. The summed E-state index contributed by atoms with van der Waals surface area (Å²) in [6, 6.07) is 8.44. The molecule has 1 fully saturated rings. The summed E-state index contributed by atoms with van der Waals surface area (Å²) in [7, 11) is 0. The molecule has 0 spiro atoms. The van der Waals surface area contributed by atoms with E-state index in [1.807, 2.05) is 0 Å². The van der Waals surface area contributed by atoms with E-state index < -0.39 is 0 Å². The Morgan fingerprint density at radius 1 is 1.05 bits per heavy atom. The predicted octanol–water partition coefficient (Wildman–Crippen LogP) is 5.06. The van der Waals surface area contributed by atoms with Gasteiger partial charge in [-0.2, -0.15) is 0 Å². The summed E-state index contributed by atoms with van der Waals surface area (Å²) < 4.78 is 11.5. The Morgan fingerprint density at radius 2 is 1.70 bits per heavy atom. The molecule has 20 heavy (non-hydrogen) atoms. The van der Waals surface area contributed by atoms with E-state index in [4.69, 9.17) is 9.47 Å². The number of ether oxygens (including phenoxy) is 2. The van der Waals surface area contributed by atoms with Gasteiger partial charge in [-0.15, -0.1) is 0 Å². The van der Waals surface area contributed by atoms with Crippen molar-refractivity contribution < 1.29 is 9.47 Å². The standard InChI is InChI=1S/C18H28O2/c1-4-18(2,3)15-10-12-17(13-11-15)20-14-19-16-8-6-5-7-9-16/h10-13,16H,4-9,14H2,1-3H3. The normalized spacial score (nSPS) is 17.1. The molecule has 0 bridgehead atoms. The highest BCUT2D eigenvalue weighted by Crippen LogP contribution is 2.28. The Morgan fingerprint density at radius 3 is 2.30 bits per heavy atom. The lowest BCUT2D eigenvalue weighted by Crippen LogP contribution is -2.19. The van der Waals surface area contributed by atoms with Gasteiger partial charge in [-0.1, -0.05) is 52.2 Å². The fourth-order valence-electron chi connectivity index (χ4n) is 2.64. The van der Waals surface area contributed by atoms with E-state index in [2.05, 4.69) is 45.0 Å². The molecule has 0 aliphatic heterocycles. The van der Waals surface area contributed by atoms with E-state index in [9.17, 15) is 0 Å². The lowest BCUT2D eigenvalue weighted by Gasteiger charge is -2.24. The molecule has 0 atom stereocenters. The zero-order valence-corrected chi connectivity index (χ0v) is 13.2. The summed E-state index contributed by atoms with van der Waals surface area (Å²) in [5.74, 6) is 0.900. The molecule has 0 aromatic heterocycles. The van der Waals surface area contributed by atoms with E-state index >= 15 is 0 Å². The number of rotatable bonds is 6. The van der Waals surface area contributed by atoms with E-state index in [-0.39, 0.29) is 5.41 Å². The van der Waals surface area contributed by atoms with Gasteiger partial charge in [0.25, 0.3) is 0 Å². The second kappa shape index (κ2) is 7.12. The number of hydrogen-bond acceptors (Lipinski definition) is 2. The van der Waals surface area contributed by atoms with Crippen LogP contribution in [0.3, 0.4) is 0 Å². The van der Waals surface area contributed by atoms with Crippen molar-refractivity contribution in [3.8, 4) is 5.75 Å². The van der Waals surface area contributed by atoms with Gasteiger partial charge in [0.15, 0.2) is 6.79 Å². The van der Waals surface area contributed by atoms with Gasteiger partial charge >= 0.3 is 0 Å². The highest BCUT2D eigenvalue weighted by Gasteiger charge is 2.17. The van der Waals surface area contributed by atoms with E-state index in [0.717, 1.165) is 12.2 Å². The van der Waals surface area contributed by atoms with Crippen molar-refractivity contribution in [2.45, 2.75) is 70.8 Å². The summed E-state index contributed by atoms with van der Waals surface area (Å²) in [5, 5.41) is 0. The molecule has 1 aromatic carbocycles. The van der Waals surface area contributed by atoms with Crippen LogP contribution in [0.1, 0.15) is 64.9 Å². The molecular weight excluding hydrogens is 248 g/mol. The average Bonchev–Trinajstić information content (AvgIpc) is 2.49. The fraction of sp³-hybridized carbons (Fsp3) is 0.667. The van der Waals surface area contributed by atoms with Gasteiger partial charge in [-0.25, -0.2) is 0 Å². The highest BCUT2D eigenvalue weighted by molar-refractivity contribution is 5.31. The third-order valence-corrected chi connectivity index (χ3v) is 4.60. The molecule has 112 valence electrons. The molecule has 1 aromatic rings. The Bertz CT molecular complexity index is 388. The number of hydrogen-bond donors (Lipinski definition) is 0. The molecule has 0 radical (unpaired) electrons. The third kappa shape index (κ3) is 4.24. The molecule has 0 unspecified atom stereocenters. The largest absolute Gasteiger partial charge is 0.468 e. The smallest absolute Gasteiger partial charge is 0.189 e. The van der Waals surface area contributed by atoms with Crippen LogP contribution in [0, 0.1) is 0 Å². The summed E-state index contributed by atoms with van der Waals surface area (Å²) in [6.07, 6.45) is 7.87. The van der Waals surface area contributed by atoms with Gasteiger partial charge in [0.2, 0.25) is 0 Å². The summed E-state index contributed by atoms with van der Waals surface area (Å²) in [4.78, 5) is 0. The Balaban J connectivity index is 1.79. The van der Waals surface area contributed by atoms with Gasteiger partial charge in [0, 0.05) is 0 Å². The molecular formula is C18H28O2. The molecule has 1 aliphatic rings. The minimum Gasteiger partial charge on any atom is -0.468 e. The monoisotopic (exact) mass is 276 g/mol. The van der Waals surface area contributed by atoms with Crippen LogP contribution in [0.5, 0.6) is 5.75 Å². The van der Waals surface area contributed by atoms with Crippen molar-refractivity contribution in [2.24, 2.45) is 0 Å². The quantitative estimate of drug-likeness (QED) is 0.676. The predicted molar refractivity (Wildman–Crippen MR) is 83.2 cm³/mol. The van der Waals surface area contributed by atoms with E-state index in [0.29, 0.717) is 12.9 Å². The Labute approximate surface area is 123 Å². The summed E-state index contributed by atoms with van der Waals surface area (Å²) >= 11 is 0. The zero-order valence-electron chi connectivity index (χ0n) is 13.2. The van der Waals surface area contributed by atoms with Gasteiger partial charge in [0.1, 0.15) is 5.75 Å². The first-order valence-electron chi connectivity index (χ1n) is 7.97. The van der Waals surface area contributed by atoms with Crippen LogP contribution in [-0.4, -0.2) is 12.9 Å². The van der Waals surface area contributed by atoms with Crippen LogP contribution in [0.15, 0.2) is 24.3 Å². The summed E-state index contributed by atoms with van der Waals surface area (Å²) in [5.41, 5.74) is 1.59. The van der Waals surface area contributed by atoms with Crippen molar-refractivity contribution in [3.05, 3.63) is 29.8 Å². The van der Waals surface area contributed by atoms with Crippen LogP contribution < -0.4 is 4.74 Å². The third-order valence-electron chi connectivity index (χ3n) is 4.60. The van der Waals surface area contributed by atoms with Crippen LogP contribution >= 0.6 is 0 Å². The molecule has 2 rings (SSSR count). The molecule has 1 aliphatic carbocycles. The van der Waals surface area contributed by atoms with Gasteiger partial charge in [0.05, 0.1) is 6.10 Å². The second-order valence-electron chi connectivity index (χ2n) is 6.45. The first kappa shape index (κ1) is 15.4. The second-order valence-corrected chi connectivity index (χ2v) is 6.45. The molecule has 0 saturated heterocycles. The van der Waals surface area contributed by atoms with E-state index in [1.54, 1.807) is 0 Å². The van der Waals surface area contributed by atoms with E-state index in [1.165, 1.54) is 37.7 Å². The highest BCUT2D eigenvalue weighted by atomic mass is 16.7. The molecule has 2 heteroatoms. The molecule has 0 N–H and O–H groups in total. The maximum absolute atomic E-state index is 5.78. The van der Waals surface area contributed by atoms with Crippen LogP contribution in [-0.2, 0) is 10.2 Å². The Hall–Kier alpha value is -1.02. The van der Waals surface area contributed by atoms with Gasteiger partial charge in [-0.05, 0) is 42.4 Å². The van der Waals surface area contributed by atoms with Crippen molar-refractivity contribution >= 4 is 0 Å². The topological polar surface area (TPSA) is 18.5 Å². The molecule has 0 amide bonds. The summed E-state index contributed by atoms with van der Waals surface area (Å²) in [6.45, 7) is 7.15. The van der Waals surface area contributed by atoms with Crippen molar-refractivity contribution in [3.63, 3.8) is 0 Å². The van der Waals surface area contributed by atoms with Crippen molar-refractivity contribution in [2.75, 3.05) is 6.79 Å². The maximum atomic E-state index is 5.78. The lowest BCUT2D eigenvalue weighted by atomic mass is 9.82. The van der Waals surface area contributed by atoms with Crippen LogP contribution in [0.2, 0.25) is 0 Å². The number of benzene rings is 1. The first-order valence-corrected chi connectivity index (χ1v) is 7.97. The van der Waals surface area contributed by atoms with Crippen molar-refractivity contribution in [1.29, 1.82) is 0 Å². The van der Waals surface area contributed by atoms with Gasteiger partial charge in [-0.3, -0.25) is 0 Å². The maximum Gasteiger partial charge on any atom is 0.189 e. The molecule has 0 heterocycles. The van der Waals surface area contributed by atoms with Crippen LogP contribution in [0.25, 0.3) is 0 Å². The SMILES string of the molecule is CCC(C)(C)c1ccc(OCOC2CCCCC2)cc1. The first-order chi connectivity index (χ1) is 9.62. The Kier molecular flexibility index (Phi) is 5.47. The van der Waals surface area contributed by atoms with Crippen LogP contribution in [0.4, 0.5) is 0 Å². The average molecular weight is 276 g/mol. The van der Waals surface area contributed by atoms with Crippen molar-refractivity contribution in [1.82, 2.24) is 0 Å². The minimum atomic E-state index is 0.233. The molecule has 1 saturated carbocycles. The lowest BCUT2D eigenvalue weighted by molar-refractivity contribution is -0.0497. The molecule has 2 nitrogen and oxygen atoms in total. The van der Waals surface area contributed by atoms with Gasteiger partial charge < -0.3 is 9.47 Å².